The quantitative estimate of drug-likeness (QED) is 0.438. The first kappa shape index (κ1) is 25.6. The Balaban J connectivity index is 1.74. The number of amides is 2. The molecule has 3 aromatic rings. The molecule has 0 aliphatic carbocycles. The summed E-state index contributed by atoms with van der Waals surface area (Å²) in [5.41, 5.74) is 2.53. The molecule has 3 aromatic carbocycles. The monoisotopic (exact) mass is 476 g/mol. The number of ether oxygens (including phenoxy) is 3. The highest BCUT2D eigenvalue weighted by Gasteiger charge is 2.20. The third-order valence-electron chi connectivity index (χ3n) is 5.47. The van der Waals surface area contributed by atoms with Crippen LogP contribution >= 0.6 is 0 Å². The van der Waals surface area contributed by atoms with Gasteiger partial charge >= 0.3 is 0 Å². The molecule has 0 aliphatic rings. The molecule has 0 aromatic heterocycles. The van der Waals surface area contributed by atoms with Crippen molar-refractivity contribution in [2.45, 2.75) is 39.2 Å². The predicted molar refractivity (Wildman–Crippen MR) is 138 cm³/mol. The summed E-state index contributed by atoms with van der Waals surface area (Å²) in [7, 11) is 2.97. The van der Waals surface area contributed by atoms with Crippen molar-refractivity contribution >= 4 is 23.2 Å². The Labute approximate surface area is 206 Å². The maximum absolute atomic E-state index is 12.9. The normalized spacial score (nSPS) is 11.8. The van der Waals surface area contributed by atoms with Gasteiger partial charge < -0.3 is 24.8 Å². The molecule has 184 valence electrons. The van der Waals surface area contributed by atoms with Crippen LogP contribution in [0.1, 0.15) is 43.6 Å². The third-order valence-corrected chi connectivity index (χ3v) is 5.47. The summed E-state index contributed by atoms with van der Waals surface area (Å²) in [6.07, 6.45) is -0.761. The predicted octanol–water partition coefficient (Wildman–Crippen LogP) is 5.66. The zero-order chi connectivity index (χ0) is 25.6. The van der Waals surface area contributed by atoms with Crippen LogP contribution in [-0.4, -0.2) is 32.1 Å². The summed E-state index contributed by atoms with van der Waals surface area (Å²) >= 11 is 0. The molecule has 0 fully saturated rings. The van der Waals surface area contributed by atoms with Crippen LogP contribution in [0.5, 0.6) is 17.2 Å². The van der Waals surface area contributed by atoms with Crippen molar-refractivity contribution in [3.8, 4) is 17.2 Å². The number of hydrogen-bond acceptors (Lipinski definition) is 5. The highest BCUT2D eigenvalue weighted by molar-refractivity contribution is 6.05. The van der Waals surface area contributed by atoms with E-state index in [4.69, 9.17) is 14.2 Å². The van der Waals surface area contributed by atoms with E-state index in [1.54, 1.807) is 43.3 Å². The van der Waals surface area contributed by atoms with Gasteiger partial charge in [-0.2, -0.15) is 0 Å². The molecule has 2 N–H and O–H groups in total. The van der Waals surface area contributed by atoms with E-state index in [2.05, 4.69) is 31.4 Å². The van der Waals surface area contributed by atoms with E-state index < -0.39 is 6.10 Å². The summed E-state index contributed by atoms with van der Waals surface area (Å²) in [4.78, 5) is 25.4. The van der Waals surface area contributed by atoms with E-state index in [1.165, 1.54) is 19.8 Å². The van der Waals surface area contributed by atoms with Crippen LogP contribution < -0.4 is 24.8 Å². The smallest absolute Gasteiger partial charge is 0.265 e. The Morgan fingerprint density at radius 3 is 1.86 bits per heavy atom. The fraction of sp³-hybridized carbons (Fsp3) is 0.286. The van der Waals surface area contributed by atoms with E-state index in [9.17, 15) is 9.59 Å². The zero-order valence-corrected chi connectivity index (χ0v) is 21.0. The number of anilines is 2. The van der Waals surface area contributed by atoms with Crippen molar-refractivity contribution in [1.82, 2.24) is 0 Å². The van der Waals surface area contributed by atoms with E-state index >= 15 is 0 Å². The van der Waals surface area contributed by atoms with Gasteiger partial charge in [0.1, 0.15) is 17.2 Å². The van der Waals surface area contributed by atoms with E-state index in [-0.39, 0.29) is 17.2 Å². The number of rotatable bonds is 8. The van der Waals surface area contributed by atoms with Gasteiger partial charge in [0.25, 0.3) is 11.8 Å². The molecule has 1 unspecified atom stereocenters. The highest BCUT2D eigenvalue weighted by atomic mass is 16.5. The Morgan fingerprint density at radius 2 is 1.34 bits per heavy atom. The number of carbonyl (C=O) groups excluding carboxylic acids is 2. The van der Waals surface area contributed by atoms with Crippen LogP contribution in [0.25, 0.3) is 0 Å². The molecular formula is C28H32N2O5. The molecule has 7 heteroatoms. The Kier molecular flexibility index (Phi) is 8.02. The number of carbonyl (C=O) groups is 2. The first-order valence-corrected chi connectivity index (χ1v) is 11.3. The van der Waals surface area contributed by atoms with Crippen molar-refractivity contribution in [2.24, 2.45) is 0 Å². The first-order valence-electron chi connectivity index (χ1n) is 11.3. The van der Waals surface area contributed by atoms with Crippen molar-refractivity contribution < 1.29 is 23.8 Å². The van der Waals surface area contributed by atoms with E-state index in [0.29, 0.717) is 34.2 Å². The lowest BCUT2D eigenvalue weighted by molar-refractivity contribution is -0.122. The van der Waals surface area contributed by atoms with Gasteiger partial charge in [0.05, 0.1) is 25.6 Å². The SMILES string of the molecule is COc1cc(NC(=O)C(C)Oc2ccc(C(C)(C)C)cc2)c(OC)cc1NC(=O)c1ccccc1. The number of hydrogen-bond donors (Lipinski definition) is 2. The third kappa shape index (κ3) is 6.53. The van der Waals surface area contributed by atoms with Gasteiger partial charge in [-0.15, -0.1) is 0 Å². The van der Waals surface area contributed by atoms with Crippen LogP contribution in [0.2, 0.25) is 0 Å². The molecule has 0 aliphatic heterocycles. The summed E-state index contributed by atoms with van der Waals surface area (Å²) in [6, 6.07) is 19.7. The fourth-order valence-corrected chi connectivity index (χ4v) is 3.40. The Bertz CT molecular complexity index is 1170. The standard InChI is InChI=1S/C28H32N2O5/c1-18(35-21-14-12-20(13-15-21)28(2,3)4)26(31)29-22-16-25(34-6)23(17-24(22)33-5)30-27(32)19-10-8-7-9-11-19/h7-18H,1-6H3,(H,29,31)(H,30,32). The molecule has 3 rings (SSSR count). The average Bonchev–Trinajstić information content (AvgIpc) is 2.84. The fourth-order valence-electron chi connectivity index (χ4n) is 3.40. The molecule has 1 atom stereocenters. The second-order valence-corrected chi connectivity index (χ2v) is 9.10. The summed E-state index contributed by atoms with van der Waals surface area (Å²) < 4.78 is 16.7. The molecule has 0 spiro atoms. The maximum Gasteiger partial charge on any atom is 0.265 e. The average molecular weight is 477 g/mol. The molecule has 0 saturated carbocycles. The summed E-state index contributed by atoms with van der Waals surface area (Å²) in [6.45, 7) is 8.09. The summed E-state index contributed by atoms with van der Waals surface area (Å²) in [5, 5.41) is 5.64. The van der Waals surface area contributed by atoms with E-state index in [1.807, 2.05) is 30.3 Å². The minimum Gasteiger partial charge on any atom is -0.494 e. The van der Waals surface area contributed by atoms with Gasteiger partial charge in [-0.1, -0.05) is 51.1 Å². The first-order chi connectivity index (χ1) is 16.6. The molecular weight excluding hydrogens is 444 g/mol. The van der Waals surface area contributed by atoms with Crippen molar-refractivity contribution in [3.05, 3.63) is 77.9 Å². The van der Waals surface area contributed by atoms with Crippen LogP contribution in [0.3, 0.4) is 0 Å². The van der Waals surface area contributed by atoms with Crippen molar-refractivity contribution in [1.29, 1.82) is 0 Å². The van der Waals surface area contributed by atoms with Crippen LogP contribution in [-0.2, 0) is 10.2 Å². The van der Waals surface area contributed by atoms with Gasteiger partial charge in [-0.25, -0.2) is 0 Å². The number of nitrogens with one attached hydrogen (secondary N) is 2. The topological polar surface area (TPSA) is 85.9 Å². The summed E-state index contributed by atoms with van der Waals surface area (Å²) in [5.74, 6) is 0.693. The molecule has 35 heavy (non-hydrogen) atoms. The number of benzene rings is 3. The van der Waals surface area contributed by atoms with Gasteiger partial charge in [-0.3, -0.25) is 9.59 Å². The van der Waals surface area contributed by atoms with Crippen molar-refractivity contribution in [2.75, 3.05) is 24.9 Å². The molecule has 2 amide bonds. The molecule has 0 radical (unpaired) electrons. The lowest BCUT2D eigenvalue weighted by atomic mass is 9.87. The van der Waals surface area contributed by atoms with E-state index in [0.717, 1.165) is 0 Å². The zero-order valence-electron chi connectivity index (χ0n) is 21.0. The Morgan fingerprint density at radius 1 is 0.800 bits per heavy atom. The molecule has 0 bridgehead atoms. The molecule has 0 saturated heterocycles. The van der Waals surface area contributed by atoms with Gasteiger partial charge in [0, 0.05) is 17.7 Å². The second-order valence-electron chi connectivity index (χ2n) is 9.10. The molecule has 0 heterocycles. The largest absolute Gasteiger partial charge is 0.494 e. The maximum atomic E-state index is 12.9. The Hall–Kier alpha value is -4.00. The van der Waals surface area contributed by atoms with Gasteiger partial charge in [0.2, 0.25) is 0 Å². The van der Waals surface area contributed by atoms with Crippen LogP contribution in [0.15, 0.2) is 66.7 Å². The number of methoxy groups -OCH3 is 2. The minimum absolute atomic E-state index is 0.0316. The highest BCUT2D eigenvalue weighted by Crippen LogP contribution is 2.37. The lowest BCUT2D eigenvalue weighted by Gasteiger charge is -2.20. The van der Waals surface area contributed by atoms with Crippen LogP contribution in [0.4, 0.5) is 11.4 Å². The second kappa shape index (κ2) is 11.0. The van der Waals surface area contributed by atoms with Gasteiger partial charge in [0.15, 0.2) is 6.10 Å². The molecule has 7 nitrogen and oxygen atoms in total. The lowest BCUT2D eigenvalue weighted by Crippen LogP contribution is -2.30. The minimum atomic E-state index is -0.761. The van der Waals surface area contributed by atoms with Crippen LogP contribution in [0, 0.1) is 0 Å². The van der Waals surface area contributed by atoms with Gasteiger partial charge in [-0.05, 0) is 42.2 Å². The van der Waals surface area contributed by atoms with Crippen molar-refractivity contribution in [3.63, 3.8) is 0 Å².